The standard InChI is InChI=1S/C22H23N3O3/c1-2-16-3-5-17(6-4-16)19(14-23)24-9-11-25(12-10-24)22(26)18-7-8-20-21(13-18)28-15-27-20/h3-8,13,19H,2,9-12,15H2,1H3. The number of amides is 1. The number of carbonyl (C=O) groups excluding carboxylic acids is 1. The van der Waals surface area contributed by atoms with E-state index in [-0.39, 0.29) is 18.7 Å². The highest BCUT2D eigenvalue weighted by atomic mass is 16.7. The summed E-state index contributed by atoms with van der Waals surface area (Å²) in [5.74, 6) is 1.27. The number of carbonyl (C=O) groups is 1. The van der Waals surface area contributed by atoms with Gasteiger partial charge in [0.2, 0.25) is 6.79 Å². The summed E-state index contributed by atoms with van der Waals surface area (Å²) < 4.78 is 10.7. The van der Waals surface area contributed by atoms with Crippen molar-refractivity contribution in [2.75, 3.05) is 33.0 Å². The Balaban J connectivity index is 1.40. The number of rotatable bonds is 4. The van der Waals surface area contributed by atoms with Crippen molar-refractivity contribution in [1.82, 2.24) is 9.80 Å². The van der Waals surface area contributed by atoms with Crippen molar-refractivity contribution in [3.63, 3.8) is 0 Å². The highest BCUT2D eigenvalue weighted by molar-refractivity contribution is 5.95. The summed E-state index contributed by atoms with van der Waals surface area (Å²) in [5.41, 5.74) is 2.87. The molecule has 0 aromatic heterocycles. The van der Waals surface area contributed by atoms with Crippen LogP contribution in [0.15, 0.2) is 42.5 Å². The Morgan fingerprint density at radius 3 is 2.46 bits per heavy atom. The molecule has 6 nitrogen and oxygen atoms in total. The monoisotopic (exact) mass is 377 g/mol. The first kappa shape index (κ1) is 18.3. The van der Waals surface area contributed by atoms with E-state index in [9.17, 15) is 10.1 Å². The van der Waals surface area contributed by atoms with E-state index in [4.69, 9.17) is 9.47 Å². The van der Waals surface area contributed by atoms with E-state index in [2.05, 4.69) is 30.0 Å². The summed E-state index contributed by atoms with van der Waals surface area (Å²) in [6, 6.07) is 15.7. The van der Waals surface area contributed by atoms with Crippen LogP contribution in [-0.4, -0.2) is 48.7 Å². The minimum absolute atomic E-state index is 0.0150. The van der Waals surface area contributed by atoms with Crippen molar-refractivity contribution in [3.05, 3.63) is 59.2 Å². The predicted octanol–water partition coefficient (Wildman–Crippen LogP) is 3.00. The molecule has 4 rings (SSSR count). The van der Waals surface area contributed by atoms with E-state index in [0.29, 0.717) is 43.2 Å². The number of hydrogen-bond acceptors (Lipinski definition) is 5. The van der Waals surface area contributed by atoms with E-state index in [1.807, 2.05) is 17.0 Å². The lowest BCUT2D eigenvalue weighted by molar-refractivity contribution is 0.0606. The quantitative estimate of drug-likeness (QED) is 0.819. The first-order chi connectivity index (χ1) is 13.7. The molecule has 2 aliphatic rings. The van der Waals surface area contributed by atoms with E-state index < -0.39 is 0 Å². The van der Waals surface area contributed by atoms with Crippen LogP contribution in [0.3, 0.4) is 0 Å². The predicted molar refractivity (Wildman–Crippen MR) is 104 cm³/mol. The van der Waals surface area contributed by atoms with Gasteiger partial charge in [-0.05, 0) is 35.7 Å². The number of aryl methyl sites for hydroxylation is 1. The molecule has 0 N–H and O–H groups in total. The van der Waals surface area contributed by atoms with E-state index in [1.54, 1.807) is 18.2 Å². The highest BCUT2D eigenvalue weighted by Crippen LogP contribution is 2.33. The molecular weight excluding hydrogens is 354 g/mol. The zero-order valence-electron chi connectivity index (χ0n) is 15.9. The number of nitrogens with zero attached hydrogens (tertiary/aromatic N) is 3. The van der Waals surface area contributed by atoms with Crippen LogP contribution in [0.1, 0.15) is 34.5 Å². The first-order valence-corrected chi connectivity index (χ1v) is 9.61. The third-order valence-corrected chi connectivity index (χ3v) is 5.41. The molecular formula is C22H23N3O3. The fourth-order valence-electron chi connectivity index (χ4n) is 3.70. The molecule has 1 saturated heterocycles. The lowest BCUT2D eigenvalue weighted by Crippen LogP contribution is -2.49. The Bertz CT molecular complexity index is 896. The molecule has 0 aliphatic carbocycles. The van der Waals surface area contributed by atoms with Crippen LogP contribution >= 0.6 is 0 Å². The maximum absolute atomic E-state index is 12.8. The fourth-order valence-corrected chi connectivity index (χ4v) is 3.70. The van der Waals surface area contributed by atoms with Crippen LogP contribution < -0.4 is 9.47 Å². The van der Waals surface area contributed by atoms with Crippen LogP contribution in [0.5, 0.6) is 11.5 Å². The van der Waals surface area contributed by atoms with Crippen molar-refractivity contribution in [2.45, 2.75) is 19.4 Å². The van der Waals surface area contributed by atoms with Crippen LogP contribution in [0, 0.1) is 11.3 Å². The van der Waals surface area contributed by atoms with Gasteiger partial charge in [-0.3, -0.25) is 9.69 Å². The van der Waals surface area contributed by atoms with Crippen molar-refractivity contribution in [2.24, 2.45) is 0 Å². The van der Waals surface area contributed by atoms with Crippen LogP contribution in [0.2, 0.25) is 0 Å². The zero-order chi connectivity index (χ0) is 19.5. The molecule has 6 heteroatoms. The van der Waals surface area contributed by atoms with E-state index in [1.165, 1.54) is 5.56 Å². The molecule has 2 aromatic carbocycles. The molecule has 2 heterocycles. The van der Waals surface area contributed by atoms with Gasteiger partial charge in [0.05, 0.1) is 6.07 Å². The molecule has 1 fully saturated rings. The Labute approximate surface area is 164 Å². The Morgan fingerprint density at radius 2 is 1.79 bits per heavy atom. The van der Waals surface area contributed by atoms with Crippen LogP contribution in [-0.2, 0) is 6.42 Å². The van der Waals surface area contributed by atoms with Gasteiger partial charge in [0, 0.05) is 31.7 Å². The molecule has 0 bridgehead atoms. The SMILES string of the molecule is CCc1ccc(C(C#N)N2CCN(C(=O)c3ccc4c(c3)OCO4)CC2)cc1. The van der Waals surface area contributed by atoms with Gasteiger partial charge in [0.1, 0.15) is 6.04 Å². The molecule has 28 heavy (non-hydrogen) atoms. The van der Waals surface area contributed by atoms with Gasteiger partial charge < -0.3 is 14.4 Å². The minimum Gasteiger partial charge on any atom is -0.454 e. The van der Waals surface area contributed by atoms with Gasteiger partial charge >= 0.3 is 0 Å². The number of nitriles is 1. The highest BCUT2D eigenvalue weighted by Gasteiger charge is 2.28. The fraction of sp³-hybridized carbons (Fsp3) is 0.364. The van der Waals surface area contributed by atoms with Gasteiger partial charge in [-0.2, -0.15) is 5.26 Å². The second-order valence-corrected chi connectivity index (χ2v) is 7.02. The minimum atomic E-state index is -0.284. The third kappa shape index (κ3) is 3.54. The van der Waals surface area contributed by atoms with Crippen LogP contribution in [0.25, 0.3) is 0 Å². The summed E-state index contributed by atoms with van der Waals surface area (Å²) >= 11 is 0. The first-order valence-electron chi connectivity index (χ1n) is 9.61. The Kier molecular flexibility index (Phi) is 5.18. The number of fused-ring (bicyclic) bond motifs is 1. The van der Waals surface area contributed by atoms with E-state index in [0.717, 1.165) is 12.0 Å². The number of benzene rings is 2. The summed E-state index contributed by atoms with van der Waals surface area (Å²) in [6.07, 6.45) is 0.984. The van der Waals surface area contributed by atoms with Crippen LogP contribution in [0.4, 0.5) is 0 Å². The van der Waals surface area contributed by atoms with Gasteiger partial charge in [0.15, 0.2) is 11.5 Å². The number of ether oxygens (including phenoxy) is 2. The molecule has 2 aromatic rings. The van der Waals surface area contributed by atoms with Crippen molar-refractivity contribution in [3.8, 4) is 17.6 Å². The van der Waals surface area contributed by atoms with Crippen molar-refractivity contribution < 1.29 is 14.3 Å². The maximum Gasteiger partial charge on any atom is 0.254 e. The summed E-state index contributed by atoms with van der Waals surface area (Å²) in [6.45, 7) is 4.85. The van der Waals surface area contributed by atoms with Gasteiger partial charge in [0.25, 0.3) is 5.91 Å². The summed E-state index contributed by atoms with van der Waals surface area (Å²) in [7, 11) is 0. The topological polar surface area (TPSA) is 65.8 Å². The lowest BCUT2D eigenvalue weighted by Gasteiger charge is -2.37. The zero-order valence-corrected chi connectivity index (χ0v) is 15.9. The Hall–Kier alpha value is -3.04. The molecule has 1 unspecified atom stereocenters. The summed E-state index contributed by atoms with van der Waals surface area (Å²) in [5, 5.41) is 9.70. The average Bonchev–Trinajstić information content (AvgIpc) is 3.22. The normalized spacial score (nSPS) is 17.2. The Morgan fingerprint density at radius 1 is 1.07 bits per heavy atom. The molecule has 2 aliphatic heterocycles. The number of hydrogen-bond donors (Lipinski definition) is 0. The van der Waals surface area contributed by atoms with Crippen molar-refractivity contribution in [1.29, 1.82) is 5.26 Å². The number of piperazine rings is 1. The molecule has 144 valence electrons. The van der Waals surface area contributed by atoms with Gasteiger partial charge in [-0.15, -0.1) is 0 Å². The largest absolute Gasteiger partial charge is 0.454 e. The smallest absolute Gasteiger partial charge is 0.254 e. The van der Waals surface area contributed by atoms with Crippen molar-refractivity contribution >= 4 is 5.91 Å². The second-order valence-electron chi connectivity index (χ2n) is 7.02. The molecule has 0 radical (unpaired) electrons. The summed E-state index contributed by atoms with van der Waals surface area (Å²) in [4.78, 5) is 16.8. The maximum atomic E-state index is 12.8. The van der Waals surface area contributed by atoms with Gasteiger partial charge in [-0.25, -0.2) is 0 Å². The molecule has 0 spiro atoms. The third-order valence-electron chi connectivity index (χ3n) is 5.41. The second kappa shape index (κ2) is 7.91. The van der Waals surface area contributed by atoms with E-state index >= 15 is 0 Å². The molecule has 1 amide bonds. The van der Waals surface area contributed by atoms with Gasteiger partial charge in [-0.1, -0.05) is 31.2 Å². The average molecular weight is 377 g/mol. The lowest BCUT2D eigenvalue weighted by atomic mass is 10.0. The molecule has 0 saturated carbocycles. The molecule has 1 atom stereocenters.